The van der Waals surface area contributed by atoms with Gasteiger partial charge >= 0.3 is 5.97 Å². The van der Waals surface area contributed by atoms with E-state index in [-0.39, 0.29) is 6.42 Å². The molecular weight excluding hydrogens is 407 g/mol. The van der Waals surface area contributed by atoms with Crippen LogP contribution in [0.4, 0.5) is 4.39 Å². The molecular formula is C26H35FN2O3. The highest BCUT2D eigenvalue weighted by Gasteiger charge is 2.32. The molecule has 2 aromatic rings. The maximum absolute atomic E-state index is 15.4. The normalized spacial score (nSPS) is 23.1. The Morgan fingerprint density at radius 2 is 2.09 bits per heavy atom. The van der Waals surface area contributed by atoms with Crippen LogP contribution >= 0.6 is 0 Å². The molecule has 174 valence electrons. The van der Waals surface area contributed by atoms with Crippen molar-refractivity contribution in [3.63, 3.8) is 0 Å². The molecule has 1 aliphatic heterocycles. The van der Waals surface area contributed by atoms with Gasteiger partial charge in [0.15, 0.2) is 0 Å². The van der Waals surface area contributed by atoms with Crippen LogP contribution in [0.2, 0.25) is 0 Å². The number of aromatic nitrogens is 1. The number of ether oxygens (including phenoxy) is 1. The Labute approximate surface area is 190 Å². The third-order valence-corrected chi connectivity index (χ3v) is 7.56. The van der Waals surface area contributed by atoms with Crippen molar-refractivity contribution in [2.45, 2.75) is 57.5 Å². The number of halogens is 1. The van der Waals surface area contributed by atoms with E-state index in [1.807, 2.05) is 18.2 Å². The molecule has 1 N–H and O–H groups in total. The summed E-state index contributed by atoms with van der Waals surface area (Å²) < 4.78 is 20.7. The number of carboxylic acids is 1. The minimum atomic E-state index is -1.07. The number of carboxylic acid groups (broad SMARTS) is 1. The van der Waals surface area contributed by atoms with E-state index < -0.39 is 12.1 Å². The van der Waals surface area contributed by atoms with Gasteiger partial charge in [-0.3, -0.25) is 9.78 Å². The fourth-order valence-corrected chi connectivity index (χ4v) is 5.44. The summed E-state index contributed by atoms with van der Waals surface area (Å²) >= 11 is 0. The van der Waals surface area contributed by atoms with Gasteiger partial charge in [0.1, 0.15) is 11.9 Å². The predicted octanol–water partition coefficient (Wildman–Crippen LogP) is 5.64. The fourth-order valence-electron chi connectivity index (χ4n) is 5.44. The number of rotatable bonds is 10. The van der Waals surface area contributed by atoms with Crippen molar-refractivity contribution in [3.8, 4) is 5.75 Å². The number of likely N-dealkylation sites (tertiary alicyclic amines) is 1. The molecule has 0 radical (unpaired) electrons. The Balaban J connectivity index is 1.40. The summed E-state index contributed by atoms with van der Waals surface area (Å²) in [5.74, 6) is 1.50. The number of alkyl halides is 1. The van der Waals surface area contributed by atoms with Crippen LogP contribution in [-0.2, 0) is 4.79 Å². The summed E-state index contributed by atoms with van der Waals surface area (Å²) in [5.41, 5.74) is 1.44. The highest BCUT2D eigenvalue weighted by molar-refractivity contribution is 5.83. The molecule has 32 heavy (non-hydrogen) atoms. The smallest absolute Gasteiger partial charge is 0.303 e. The van der Waals surface area contributed by atoms with Gasteiger partial charge in [-0.15, -0.1) is 0 Å². The lowest BCUT2D eigenvalue weighted by molar-refractivity contribution is -0.137. The Hall–Kier alpha value is -2.21. The van der Waals surface area contributed by atoms with Crippen molar-refractivity contribution in [1.29, 1.82) is 0 Å². The van der Waals surface area contributed by atoms with Gasteiger partial charge in [0, 0.05) is 31.1 Å². The Morgan fingerprint density at radius 3 is 2.81 bits per heavy atom. The summed E-state index contributed by atoms with van der Waals surface area (Å²) in [6, 6.07) is 7.34. The van der Waals surface area contributed by atoms with Gasteiger partial charge in [0.05, 0.1) is 12.6 Å². The number of hydrogen-bond acceptors (Lipinski definition) is 4. The van der Waals surface area contributed by atoms with Crippen LogP contribution in [0.3, 0.4) is 0 Å². The molecule has 0 bridgehead atoms. The van der Waals surface area contributed by atoms with E-state index in [0.29, 0.717) is 36.0 Å². The van der Waals surface area contributed by atoms with Gasteiger partial charge in [0.2, 0.25) is 0 Å². The molecule has 1 saturated heterocycles. The number of pyridine rings is 1. The Morgan fingerprint density at radius 1 is 1.25 bits per heavy atom. The van der Waals surface area contributed by atoms with Gasteiger partial charge < -0.3 is 14.7 Å². The molecule has 0 spiro atoms. The summed E-state index contributed by atoms with van der Waals surface area (Å²) in [6.07, 6.45) is 7.77. The first kappa shape index (κ1) is 23.0. The third-order valence-electron chi connectivity index (χ3n) is 7.56. The second-order valence-corrected chi connectivity index (χ2v) is 9.63. The predicted molar refractivity (Wildman–Crippen MR) is 124 cm³/mol. The average molecular weight is 443 g/mol. The zero-order valence-corrected chi connectivity index (χ0v) is 19.0. The number of benzene rings is 1. The van der Waals surface area contributed by atoms with Gasteiger partial charge in [-0.05, 0) is 92.7 Å². The van der Waals surface area contributed by atoms with Crippen LogP contribution in [0, 0.1) is 17.8 Å². The molecule has 2 fully saturated rings. The van der Waals surface area contributed by atoms with Crippen LogP contribution in [0.25, 0.3) is 10.9 Å². The maximum Gasteiger partial charge on any atom is 0.303 e. The quantitative estimate of drug-likeness (QED) is 0.516. The van der Waals surface area contributed by atoms with Crippen molar-refractivity contribution in [3.05, 3.63) is 36.0 Å². The van der Waals surface area contributed by atoms with E-state index in [1.54, 1.807) is 19.4 Å². The first-order valence-electron chi connectivity index (χ1n) is 12.0. The van der Waals surface area contributed by atoms with Crippen molar-refractivity contribution >= 4 is 16.9 Å². The summed E-state index contributed by atoms with van der Waals surface area (Å²) in [5, 5.41) is 10.0. The lowest BCUT2D eigenvalue weighted by atomic mass is 9.78. The van der Waals surface area contributed by atoms with Crippen LogP contribution in [0.5, 0.6) is 5.75 Å². The van der Waals surface area contributed by atoms with Crippen molar-refractivity contribution in [2.24, 2.45) is 17.8 Å². The van der Waals surface area contributed by atoms with Gasteiger partial charge in [0.25, 0.3) is 0 Å². The molecule has 5 nitrogen and oxygen atoms in total. The number of hydrogen-bond donors (Lipinski definition) is 1. The third kappa shape index (κ3) is 5.58. The van der Waals surface area contributed by atoms with E-state index in [0.717, 1.165) is 49.3 Å². The standard InChI is InChI=1S/C26H35FN2O3/c1-32-21-7-9-25-23(15-21)22(11-13-28-25)24(27)8-5-19-12-14-29(16-18-3-2-4-18)17-20(19)6-10-26(30)31/h7,9,11,13,15,18-20,24H,2-6,8,10,12,14,16-17H2,1H3,(H,30,31)/t19-,20-,24-/m1/s1. The molecule has 3 atom stereocenters. The average Bonchev–Trinajstić information content (AvgIpc) is 2.78. The number of fused-ring (bicyclic) bond motifs is 1. The summed E-state index contributed by atoms with van der Waals surface area (Å²) in [4.78, 5) is 18.1. The SMILES string of the molecule is COc1ccc2nccc([C@H](F)CC[C@@H]3CCN(CC4CCC4)C[C@H]3CCC(=O)O)c2c1. The van der Waals surface area contributed by atoms with Crippen LogP contribution in [0.1, 0.15) is 63.1 Å². The first-order chi connectivity index (χ1) is 15.5. The zero-order valence-electron chi connectivity index (χ0n) is 19.0. The molecule has 1 aromatic carbocycles. The van der Waals surface area contributed by atoms with E-state index in [1.165, 1.54) is 19.3 Å². The summed E-state index contributed by atoms with van der Waals surface area (Å²) in [6.45, 7) is 3.16. The number of aliphatic carboxylic acids is 1. The van der Waals surface area contributed by atoms with E-state index in [2.05, 4.69) is 9.88 Å². The topological polar surface area (TPSA) is 62.7 Å². The second kappa shape index (κ2) is 10.6. The molecule has 0 amide bonds. The van der Waals surface area contributed by atoms with Gasteiger partial charge in [-0.2, -0.15) is 0 Å². The van der Waals surface area contributed by atoms with Crippen molar-refractivity contribution < 1.29 is 19.0 Å². The van der Waals surface area contributed by atoms with Crippen LogP contribution < -0.4 is 4.74 Å². The molecule has 0 unspecified atom stereocenters. The largest absolute Gasteiger partial charge is 0.497 e. The van der Waals surface area contributed by atoms with Gasteiger partial charge in [-0.1, -0.05) is 6.42 Å². The number of methoxy groups -OCH3 is 1. The zero-order chi connectivity index (χ0) is 22.5. The monoisotopic (exact) mass is 442 g/mol. The highest BCUT2D eigenvalue weighted by Crippen LogP contribution is 2.37. The van der Waals surface area contributed by atoms with Crippen molar-refractivity contribution in [2.75, 3.05) is 26.7 Å². The Kier molecular flexibility index (Phi) is 7.61. The highest BCUT2D eigenvalue weighted by atomic mass is 19.1. The minimum Gasteiger partial charge on any atom is -0.497 e. The number of piperidine rings is 1. The number of nitrogens with zero attached hydrogens (tertiary/aromatic N) is 2. The van der Waals surface area contributed by atoms with Crippen molar-refractivity contribution in [1.82, 2.24) is 9.88 Å². The van der Waals surface area contributed by atoms with Crippen LogP contribution in [-0.4, -0.2) is 47.7 Å². The molecule has 2 aliphatic rings. The molecule has 4 rings (SSSR count). The first-order valence-corrected chi connectivity index (χ1v) is 12.0. The molecule has 2 heterocycles. The lowest BCUT2D eigenvalue weighted by Gasteiger charge is -2.41. The van der Waals surface area contributed by atoms with Crippen LogP contribution in [0.15, 0.2) is 30.5 Å². The number of carbonyl (C=O) groups is 1. The van der Waals surface area contributed by atoms with E-state index in [9.17, 15) is 9.90 Å². The fraction of sp³-hybridized carbons (Fsp3) is 0.615. The summed E-state index contributed by atoms with van der Waals surface area (Å²) in [7, 11) is 1.61. The van der Waals surface area contributed by atoms with E-state index >= 15 is 4.39 Å². The molecule has 1 aliphatic carbocycles. The molecule has 6 heteroatoms. The lowest BCUT2D eigenvalue weighted by Crippen LogP contribution is -2.43. The minimum absolute atomic E-state index is 0.201. The second-order valence-electron chi connectivity index (χ2n) is 9.63. The molecule has 1 aromatic heterocycles. The van der Waals surface area contributed by atoms with Gasteiger partial charge in [-0.25, -0.2) is 4.39 Å². The molecule has 1 saturated carbocycles. The Bertz CT molecular complexity index is 917. The van der Waals surface area contributed by atoms with E-state index in [4.69, 9.17) is 4.74 Å². The maximum atomic E-state index is 15.4.